The topological polar surface area (TPSA) is 35.5 Å². The molecule has 2 aromatic carbocycles. The van der Waals surface area contributed by atoms with E-state index in [1.807, 2.05) is 42.5 Å². The Balaban J connectivity index is 1.74. The molecule has 0 saturated carbocycles. The number of unbranched alkanes of at least 4 members (excludes halogenated alkanes) is 7. The van der Waals surface area contributed by atoms with Crippen molar-refractivity contribution >= 4 is 6.16 Å². The molecule has 0 atom stereocenters. The summed E-state index contributed by atoms with van der Waals surface area (Å²) in [6.07, 6.45) is 10.5. The molecule has 0 aliphatic carbocycles. The largest absolute Gasteiger partial charge is 0.519 e. The normalized spacial score (nSPS) is 10.5. The van der Waals surface area contributed by atoms with Crippen molar-refractivity contribution in [2.24, 2.45) is 0 Å². The average Bonchev–Trinajstić information content (AvgIpc) is 2.66. The van der Waals surface area contributed by atoms with Crippen molar-refractivity contribution in [2.45, 2.75) is 64.7 Å². The number of para-hydroxylation sites is 2. The molecule has 0 N–H and O–H groups in total. The first-order chi connectivity index (χ1) is 12.8. The van der Waals surface area contributed by atoms with E-state index in [4.69, 9.17) is 9.47 Å². The highest BCUT2D eigenvalue weighted by molar-refractivity contribution is 5.67. The van der Waals surface area contributed by atoms with Crippen molar-refractivity contribution in [2.75, 3.05) is 0 Å². The van der Waals surface area contributed by atoms with Crippen molar-refractivity contribution in [3.8, 4) is 11.5 Å². The molecule has 3 nitrogen and oxygen atoms in total. The summed E-state index contributed by atoms with van der Waals surface area (Å²) in [5, 5.41) is 0. The summed E-state index contributed by atoms with van der Waals surface area (Å²) in [5.74, 6) is 1.08. The third-order valence-electron chi connectivity index (χ3n) is 4.41. The highest BCUT2D eigenvalue weighted by Gasteiger charge is 2.11. The zero-order valence-electron chi connectivity index (χ0n) is 15.8. The molecule has 0 bridgehead atoms. The summed E-state index contributed by atoms with van der Waals surface area (Å²) in [4.78, 5) is 12.0. The summed E-state index contributed by atoms with van der Waals surface area (Å²) >= 11 is 0. The van der Waals surface area contributed by atoms with Crippen LogP contribution in [0.1, 0.15) is 63.9 Å². The van der Waals surface area contributed by atoms with Crippen molar-refractivity contribution in [3.63, 3.8) is 0 Å². The van der Waals surface area contributed by atoms with Gasteiger partial charge in [0.2, 0.25) is 0 Å². The molecule has 2 rings (SSSR count). The molecule has 0 saturated heterocycles. The number of rotatable bonds is 11. The second-order valence-corrected chi connectivity index (χ2v) is 6.60. The third-order valence-corrected chi connectivity index (χ3v) is 4.41. The van der Waals surface area contributed by atoms with E-state index < -0.39 is 6.16 Å². The lowest BCUT2D eigenvalue weighted by Crippen LogP contribution is -2.14. The van der Waals surface area contributed by atoms with Crippen LogP contribution in [0.4, 0.5) is 4.79 Å². The van der Waals surface area contributed by atoms with Gasteiger partial charge >= 0.3 is 6.16 Å². The Bertz CT molecular complexity index is 637. The number of carbonyl (C=O) groups excluding carboxylic acids is 1. The van der Waals surface area contributed by atoms with Gasteiger partial charge in [-0.3, -0.25) is 0 Å². The molecule has 140 valence electrons. The number of carbonyl (C=O) groups is 1. The van der Waals surface area contributed by atoms with Crippen LogP contribution in [0.2, 0.25) is 0 Å². The molecular formula is C23H30O3. The Morgan fingerprint density at radius 3 is 2.08 bits per heavy atom. The van der Waals surface area contributed by atoms with Gasteiger partial charge in [-0.2, -0.15) is 0 Å². The predicted molar refractivity (Wildman–Crippen MR) is 106 cm³/mol. The van der Waals surface area contributed by atoms with Gasteiger partial charge < -0.3 is 9.47 Å². The van der Waals surface area contributed by atoms with Crippen molar-refractivity contribution in [3.05, 3.63) is 60.2 Å². The number of hydrogen-bond acceptors (Lipinski definition) is 3. The molecule has 0 aliphatic heterocycles. The first-order valence-electron chi connectivity index (χ1n) is 9.82. The lowest BCUT2D eigenvalue weighted by Gasteiger charge is -2.10. The molecule has 0 unspecified atom stereocenters. The fraction of sp³-hybridized carbons (Fsp3) is 0.435. The van der Waals surface area contributed by atoms with Gasteiger partial charge in [-0.15, -0.1) is 0 Å². The molecule has 0 heterocycles. The lowest BCUT2D eigenvalue weighted by atomic mass is 10.0. The minimum absolute atomic E-state index is 0.484. The highest BCUT2D eigenvalue weighted by Crippen LogP contribution is 2.22. The van der Waals surface area contributed by atoms with Crippen LogP contribution in [0.3, 0.4) is 0 Å². The second kappa shape index (κ2) is 12.1. The monoisotopic (exact) mass is 354 g/mol. The van der Waals surface area contributed by atoms with Crippen LogP contribution in [0.25, 0.3) is 0 Å². The summed E-state index contributed by atoms with van der Waals surface area (Å²) in [6, 6.07) is 16.7. The van der Waals surface area contributed by atoms with Gasteiger partial charge in [0.1, 0.15) is 11.5 Å². The number of hydrogen-bond donors (Lipinski definition) is 0. The fourth-order valence-electron chi connectivity index (χ4n) is 2.95. The fourth-order valence-corrected chi connectivity index (χ4v) is 2.95. The van der Waals surface area contributed by atoms with Gasteiger partial charge in [-0.05, 0) is 36.6 Å². The van der Waals surface area contributed by atoms with Crippen molar-refractivity contribution in [1.29, 1.82) is 0 Å². The molecule has 0 amide bonds. The number of ether oxygens (including phenoxy) is 2. The molecule has 26 heavy (non-hydrogen) atoms. The van der Waals surface area contributed by atoms with E-state index in [1.165, 1.54) is 44.9 Å². The highest BCUT2D eigenvalue weighted by atomic mass is 16.7. The molecule has 0 fully saturated rings. The minimum Gasteiger partial charge on any atom is -0.395 e. The van der Waals surface area contributed by atoms with Gasteiger partial charge in [-0.1, -0.05) is 88.3 Å². The van der Waals surface area contributed by atoms with Crippen molar-refractivity contribution < 1.29 is 14.3 Å². The second-order valence-electron chi connectivity index (χ2n) is 6.60. The lowest BCUT2D eigenvalue weighted by molar-refractivity contribution is 0.151. The molecular weight excluding hydrogens is 324 g/mol. The Morgan fingerprint density at radius 2 is 1.35 bits per heavy atom. The average molecular weight is 354 g/mol. The van der Waals surface area contributed by atoms with E-state index in [2.05, 4.69) is 6.92 Å². The maximum atomic E-state index is 12.0. The van der Waals surface area contributed by atoms with E-state index in [0.717, 1.165) is 18.4 Å². The van der Waals surface area contributed by atoms with Crippen LogP contribution in [-0.4, -0.2) is 6.16 Å². The van der Waals surface area contributed by atoms with E-state index in [0.29, 0.717) is 11.5 Å². The summed E-state index contributed by atoms with van der Waals surface area (Å²) in [7, 11) is 0. The minimum atomic E-state index is -0.695. The van der Waals surface area contributed by atoms with E-state index in [9.17, 15) is 4.79 Å². The van der Waals surface area contributed by atoms with Crippen LogP contribution in [0.5, 0.6) is 11.5 Å². The Hall–Kier alpha value is -2.29. The van der Waals surface area contributed by atoms with E-state index in [1.54, 1.807) is 12.1 Å². The van der Waals surface area contributed by atoms with Crippen LogP contribution >= 0.6 is 0 Å². The first kappa shape index (κ1) is 20.0. The van der Waals surface area contributed by atoms with Crippen LogP contribution in [-0.2, 0) is 6.42 Å². The SMILES string of the molecule is CCCCCCCCCCc1ccccc1OC(=O)Oc1ccccc1. The third kappa shape index (κ3) is 7.73. The molecule has 0 radical (unpaired) electrons. The Kier molecular flexibility index (Phi) is 9.34. The van der Waals surface area contributed by atoms with Gasteiger partial charge in [-0.25, -0.2) is 4.79 Å². The van der Waals surface area contributed by atoms with Gasteiger partial charge in [0.15, 0.2) is 0 Å². The standard InChI is InChI=1S/C23H30O3/c1-2-3-4-5-6-7-8-10-15-20-16-13-14-19-22(20)26-23(24)25-21-17-11-9-12-18-21/h9,11-14,16-19H,2-8,10,15H2,1H3. The van der Waals surface area contributed by atoms with Crippen LogP contribution < -0.4 is 9.47 Å². The maximum absolute atomic E-state index is 12.0. The number of benzene rings is 2. The Labute approximate surface area is 157 Å². The molecule has 0 aliphatic rings. The van der Waals surface area contributed by atoms with Crippen molar-refractivity contribution in [1.82, 2.24) is 0 Å². The summed E-state index contributed by atoms with van der Waals surface area (Å²) < 4.78 is 10.6. The van der Waals surface area contributed by atoms with Crippen LogP contribution in [0.15, 0.2) is 54.6 Å². The van der Waals surface area contributed by atoms with Gasteiger partial charge in [0, 0.05) is 0 Å². The smallest absolute Gasteiger partial charge is 0.395 e. The zero-order valence-corrected chi connectivity index (χ0v) is 15.8. The summed E-state index contributed by atoms with van der Waals surface area (Å²) in [6.45, 7) is 2.25. The molecule has 2 aromatic rings. The summed E-state index contributed by atoms with van der Waals surface area (Å²) in [5.41, 5.74) is 1.06. The molecule has 0 spiro atoms. The number of aryl methyl sites for hydroxylation is 1. The van der Waals surface area contributed by atoms with E-state index in [-0.39, 0.29) is 0 Å². The van der Waals surface area contributed by atoms with Gasteiger partial charge in [0.05, 0.1) is 0 Å². The Morgan fingerprint density at radius 1 is 0.731 bits per heavy atom. The molecule has 3 heteroatoms. The zero-order chi connectivity index (χ0) is 18.5. The maximum Gasteiger partial charge on any atom is 0.519 e. The van der Waals surface area contributed by atoms with Crippen LogP contribution in [0, 0.1) is 0 Å². The van der Waals surface area contributed by atoms with E-state index >= 15 is 0 Å². The first-order valence-corrected chi connectivity index (χ1v) is 9.82. The quantitative estimate of drug-likeness (QED) is 0.249. The predicted octanol–water partition coefficient (Wildman–Crippen LogP) is 6.95. The van der Waals surface area contributed by atoms with Gasteiger partial charge in [0.25, 0.3) is 0 Å². The molecule has 0 aromatic heterocycles.